The number of nitrogens with zero attached hydrogens (tertiary/aromatic N) is 1. The first-order valence-corrected chi connectivity index (χ1v) is 17.9. The fourth-order valence-corrected chi connectivity index (χ4v) is 8.40. The van der Waals surface area contributed by atoms with Gasteiger partial charge in [0.25, 0.3) is 0 Å². The van der Waals surface area contributed by atoms with Crippen LogP contribution >= 0.6 is 0 Å². The quantitative estimate of drug-likeness (QED) is 0.173. The van der Waals surface area contributed by atoms with Gasteiger partial charge in [-0.3, -0.25) is 0 Å². The summed E-state index contributed by atoms with van der Waals surface area (Å²) in [4.78, 5) is 2.33. The molecule has 0 spiro atoms. The Bertz CT molecular complexity index is 2670. The maximum absolute atomic E-state index is 2.43. The zero-order chi connectivity index (χ0) is 33.7. The van der Waals surface area contributed by atoms with Crippen molar-refractivity contribution in [1.82, 2.24) is 0 Å². The number of hydrogen-bond donors (Lipinski definition) is 0. The van der Waals surface area contributed by atoms with Crippen molar-refractivity contribution in [3.63, 3.8) is 0 Å². The minimum atomic E-state index is 1.05. The molecule has 0 bridgehead atoms. The highest BCUT2D eigenvalue weighted by molar-refractivity contribution is 6.07. The molecule has 0 saturated heterocycles. The second-order valence-electron chi connectivity index (χ2n) is 13.6. The van der Waals surface area contributed by atoms with Gasteiger partial charge in [0.15, 0.2) is 0 Å². The van der Waals surface area contributed by atoms with Crippen molar-refractivity contribution >= 4 is 39.5 Å². The Morgan fingerprint density at radius 1 is 0.373 bits per heavy atom. The number of hydrogen-bond acceptors (Lipinski definition) is 1. The van der Waals surface area contributed by atoms with E-state index in [0.717, 1.165) is 29.9 Å². The van der Waals surface area contributed by atoms with Crippen molar-refractivity contribution in [2.45, 2.75) is 12.8 Å². The van der Waals surface area contributed by atoms with Crippen molar-refractivity contribution in [2.75, 3.05) is 4.90 Å². The van der Waals surface area contributed by atoms with Gasteiger partial charge >= 0.3 is 0 Å². The number of benzene rings is 8. The summed E-state index contributed by atoms with van der Waals surface area (Å²) >= 11 is 0. The zero-order valence-corrected chi connectivity index (χ0v) is 28.3. The molecule has 0 unspecified atom stereocenters. The molecule has 0 saturated carbocycles. The Morgan fingerprint density at radius 2 is 0.941 bits per heavy atom. The summed E-state index contributed by atoms with van der Waals surface area (Å²) in [6.07, 6.45) is 4.53. The van der Waals surface area contributed by atoms with Crippen molar-refractivity contribution in [2.24, 2.45) is 0 Å². The molecule has 0 aromatic heterocycles. The Labute approximate surface area is 298 Å². The van der Waals surface area contributed by atoms with E-state index in [4.69, 9.17) is 0 Å². The van der Waals surface area contributed by atoms with E-state index in [-0.39, 0.29) is 0 Å². The molecule has 10 rings (SSSR count). The molecule has 8 aromatic carbocycles. The lowest BCUT2D eigenvalue weighted by Crippen LogP contribution is -2.28. The minimum absolute atomic E-state index is 1.05. The van der Waals surface area contributed by atoms with Crippen LogP contribution in [0.4, 0.5) is 17.1 Å². The van der Waals surface area contributed by atoms with Gasteiger partial charge < -0.3 is 4.90 Å². The molecule has 0 heterocycles. The normalized spacial score (nSPS) is 12.7. The van der Waals surface area contributed by atoms with Crippen LogP contribution in [-0.4, -0.2) is 0 Å². The van der Waals surface area contributed by atoms with Crippen molar-refractivity contribution < 1.29 is 0 Å². The first-order valence-electron chi connectivity index (χ1n) is 17.9. The van der Waals surface area contributed by atoms with Gasteiger partial charge in [0.05, 0.1) is 0 Å². The molecule has 8 aromatic rings. The number of rotatable bonds is 6. The van der Waals surface area contributed by atoms with Gasteiger partial charge in [0.2, 0.25) is 0 Å². The fraction of sp³-hybridized carbons (Fsp3) is 0.0400. The average Bonchev–Trinajstić information content (AvgIpc) is 3.55. The first-order chi connectivity index (χ1) is 25.3. The molecule has 0 aliphatic heterocycles. The van der Waals surface area contributed by atoms with E-state index < -0.39 is 0 Å². The van der Waals surface area contributed by atoms with E-state index >= 15 is 0 Å². The van der Waals surface area contributed by atoms with Crippen molar-refractivity contribution in [1.29, 1.82) is 0 Å². The summed E-state index contributed by atoms with van der Waals surface area (Å²) in [5.41, 5.74) is 16.6. The summed E-state index contributed by atoms with van der Waals surface area (Å²) in [5.74, 6) is 0. The lowest BCUT2D eigenvalue weighted by Gasteiger charge is -2.25. The smallest absolute Gasteiger partial charge is 0.0462 e. The number of anilines is 3. The van der Waals surface area contributed by atoms with E-state index in [1.165, 1.54) is 76.9 Å². The summed E-state index contributed by atoms with van der Waals surface area (Å²) in [7, 11) is 0. The summed E-state index contributed by atoms with van der Waals surface area (Å²) < 4.78 is 0. The molecule has 0 atom stereocenters. The molecule has 0 radical (unpaired) electrons. The van der Waals surface area contributed by atoms with Gasteiger partial charge in [-0.2, -0.15) is 0 Å². The van der Waals surface area contributed by atoms with Gasteiger partial charge in [-0.05, 0) is 138 Å². The van der Waals surface area contributed by atoms with Crippen LogP contribution in [0.3, 0.4) is 0 Å². The summed E-state index contributed by atoms with van der Waals surface area (Å²) in [5, 5.41) is 5.31. The third-order valence-electron chi connectivity index (χ3n) is 10.7. The summed E-state index contributed by atoms with van der Waals surface area (Å²) in [6, 6.07) is 66.5. The maximum Gasteiger partial charge on any atom is 0.0462 e. The van der Waals surface area contributed by atoms with E-state index in [9.17, 15) is 0 Å². The molecule has 2 aliphatic carbocycles. The van der Waals surface area contributed by atoms with Crippen LogP contribution in [0, 0.1) is 0 Å². The second-order valence-corrected chi connectivity index (χ2v) is 13.6. The van der Waals surface area contributed by atoms with E-state index in [2.05, 4.69) is 193 Å². The molecule has 1 nitrogen and oxygen atoms in total. The first kappa shape index (κ1) is 29.5. The molecular formula is C50H35N. The topological polar surface area (TPSA) is 3.24 Å². The van der Waals surface area contributed by atoms with Crippen LogP contribution in [0.5, 0.6) is 0 Å². The standard InChI is InChI=1S/C50H35N/c1-4-14-34(15-5-1)46-32-37-16-10-11-17-38(37)33-47(46)43-31-30-42(49-44-24-12-18-36-19-13-25-45(48(36)44)50(43)49)35-26-28-41(29-27-35)51(39-20-6-2-7-21-39)40-22-8-3-9-23-40/h1-12,14-24,26-33H,13,25H2. The lowest BCUT2D eigenvalue weighted by molar-refractivity contribution is 1.09. The van der Waals surface area contributed by atoms with Gasteiger partial charge in [-0.1, -0.05) is 140 Å². The van der Waals surface area contributed by atoms with Crippen molar-refractivity contribution in [3.05, 3.63) is 198 Å². The Kier molecular flexibility index (Phi) is 7.03. The molecular weight excluding hydrogens is 615 g/mol. The van der Waals surface area contributed by atoms with Gasteiger partial charge in [0, 0.05) is 17.1 Å². The Hall–Kier alpha value is -6.44. The van der Waals surface area contributed by atoms with Crippen LogP contribution in [-0.2, 0) is 0 Å². The molecule has 1 heteroatoms. The molecule has 0 amide bonds. The van der Waals surface area contributed by atoms with Gasteiger partial charge in [-0.15, -0.1) is 0 Å². The molecule has 0 N–H and O–H groups in total. The lowest BCUT2D eigenvalue weighted by atomic mass is 9.83. The van der Waals surface area contributed by atoms with Crippen LogP contribution < -0.4 is 15.3 Å². The highest BCUT2D eigenvalue weighted by atomic mass is 15.1. The monoisotopic (exact) mass is 649 g/mol. The molecule has 240 valence electrons. The van der Waals surface area contributed by atoms with E-state index in [0.29, 0.717) is 0 Å². The fourth-order valence-electron chi connectivity index (χ4n) is 8.40. The predicted molar refractivity (Wildman–Crippen MR) is 216 cm³/mol. The van der Waals surface area contributed by atoms with Gasteiger partial charge in [-0.25, -0.2) is 0 Å². The third-order valence-corrected chi connectivity index (χ3v) is 10.7. The summed E-state index contributed by atoms with van der Waals surface area (Å²) in [6.45, 7) is 0. The predicted octanol–water partition coefficient (Wildman–Crippen LogP) is 12.1. The largest absolute Gasteiger partial charge is 0.311 e. The SMILES string of the molecule is C1=c2cccc3c2=C(CC1)c1c(-c2cc4ccccc4cc2-c2ccccc2)ccc(-c2ccc(N(c4ccccc4)c4ccccc4)cc2)c1-3. The van der Waals surface area contributed by atoms with Gasteiger partial charge in [0.1, 0.15) is 0 Å². The van der Waals surface area contributed by atoms with Crippen LogP contribution in [0.15, 0.2) is 182 Å². The van der Waals surface area contributed by atoms with Crippen LogP contribution in [0.2, 0.25) is 0 Å². The zero-order valence-electron chi connectivity index (χ0n) is 28.3. The maximum atomic E-state index is 2.43. The Morgan fingerprint density at radius 3 is 1.63 bits per heavy atom. The Balaban J connectivity index is 1.19. The van der Waals surface area contributed by atoms with E-state index in [1.807, 2.05) is 0 Å². The molecule has 0 fully saturated rings. The second kappa shape index (κ2) is 12.2. The van der Waals surface area contributed by atoms with Crippen molar-refractivity contribution in [3.8, 4) is 44.5 Å². The number of fused-ring (bicyclic) bond motifs is 4. The van der Waals surface area contributed by atoms with Crippen LogP contribution in [0.25, 0.3) is 66.9 Å². The highest BCUT2D eigenvalue weighted by Crippen LogP contribution is 2.49. The molecule has 2 aliphatic rings. The van der Waals surface area contributed by atoms with E-state index in [1.54, 1.807) is 0 Å². The minimum Gasteiger partial charge on any atom is -0.311 e. The number of para-hydroxylation sites is 2. The average molecular weight is 650 g/mol. The third kappa shape index (κ3) is 4.93. The van der Waals surface area contributed by atoms with Crippen LogP contribution in [0.1, 0.15) is 18.4 Å². The molecule has 51 heavy (non-hydrogen) atoms. The highest BCUT2D eigenvalue weighted by Gasteiger charge is 2.29.